The number of fused-ring (bicyclic) bond motifs is 6. The van der Waals surface area contributed by atoms with Gasteiger partial charge in [-0.05, 0) is 87.9 Å². The molecule has 0 atom stereocenters. The Morgan fingerprint density at radius 3 is 1.68 bits per heavy atom. The summed E-state index contributed by atoms with van der Waals surface area (Å²) in [6, 6.07) is 72.6. The highest BCUT2D eigenvalue weighted by molar-refractivity contribution is 6.85. The van der Waals surface area contributed by atoms with Crippen LogP contribution >= 0.6 is 0 Å². The number of nitrogens with zero attached hydrogens (tertiary/aromatic N) is 2. The number of anilines is 6. The number of hydrogen-bond donors (Lipinski definition) is 0. The molecular formula is C49H33BN2O. The highest BCUT2D eigenvalue weighted by Crippen LogP contribution is 2.59. The van der Waals surface area contributed by atoms with Gasteiger partial charge in [-0.25, -0.2) is 0 Å². The molecule has 11 rings (SSSR count). The Morgan fingerprint density at radius 2 is 1.00 bits per heavy atom. The minimum atomic E-state index is -0.642. The fourth-order valence-corrected chi connectivity index (χ4v) is 9.23. The molecule has 3 aliphatic rings. The second-order valence-electron chi connectivity index (χ2n) is 14.0. The molecule has 53 heavy (non-hydrogen) atoms. The molecule has 8 aromatic carbocycles. The predicted octanol–water partition coefficient (Wildman–Crippen LogP) is 10.8. The normalized spacial score (nSPS) is 13.9. The lowest BCUT2D eigenvalue weighted by Gasteiger charge is -2.50. The van der Waals surface area contributed by atoms with Crippen LogP contribution in [-0.4, -0.2) is 6.92 Å². The van der Waals surface area contributed by atoms with Gasteiger partial charge in [0.05, 0.1) is 11.1 Å². The van der Waals surface area contributed by atoms with E-state index in [9.17, 15) is 0 Å². The largest absolute Gasteiger partial charge is 0.551 e. The van der Waals surface area contributed by atoms with E-state index in [0.717, 1.165) is 39.5 Å². The van der Waals surface area contributed by atoms with Crippen LogP contribution in [0.5, 0.6) is 5.75 Å². The zero-order chi connectivity index (χ0) is 34.9. The quantitative estimate of drug-likeness (QED) is 0.169. The molecule has 3 heterocycles. The minimum absolute atomic E-state index is 0.316. The van der Waals surface area contributed by atoms with Crippen molar-refractivity contribution >= 4 is 52.0 Å². The highest BCUT2D eigenvalue weighted by atomic mass is 16.4. The molecule has 0 aliphatic carbocycles. The number of hydrogen-bond acceptors (Lipinski definition) is 3. The van der Waals surface area contributed by atoms with E-state index in [4.69, 9.17) is 4.65 Å². The summed E-state index contributed by atoms with van der Waals surface area (Å²) in [6.45, 7) is -0.316. The SMILES string of the molecule is c1ccc(N(c2ccccc2)c2cc3c4c(c2)C(c2ccccc2)(c2ccccc2)c2ccccc2N4c2cccc4c2B3Oc2ccccc2-4)cc1. The molecule has 3 aliphatic heterocycles. The fourth-order valence-electron chi connectivity index (χ4n) is 9.23. The van der Waals surface area contributed by atoms with Gasteiger partial charge in [-0.1, -0.05) is 146 Å². The van der Waals surface area contributed by atoms with E-state index in [-0.39, 0.29) is 6.92 Å². The summed E-state index contributed by atoms with van der Waals surface area (Å²) in [5.41, 5.74) is 15.7. The van der Waals surface area contributed by atoms with Crippen LogP contribution in [0.3, 0.4) is 0 Å². The Kier molecular flexibility index (Phi) is 6.56. The molecule has 0 N–H and O–H groups in total. The molecule has 0 saturated heterocycles. The summed E-state index contributed by atoms with van der Waals surface area (Å²) in [4.78, 5) is 4.91. The van der Waals surface area contributed by atoms with Crippen LogP contribution in [0.15, 0.2) is 200 Å². The van der Waals surface area contributed by atoms with E-state index in [1.807, 2.05) is 0 Å². The van der Waals surface area contributed by atoms with E-state index < -0.39 is 5.41 Å². The maximum atomic E-state index is 7.21. The Labute approximate surface area is 310 Å². The van der Waals surface area contributed by atoms with Crippen molar-refractivity contribution in [2.45, 2.75) is 5.41 Å². The second kappa shape index (κ2) is 11.6. The first-order chi connectivity index (χ1) is 26.3. The zero-order valence-electron chi connectivity index (χ0n) is 28.9. The molecule has 0 amide bonds. The summed E-state index contributed by atoms with van der Waals surface area (Å²) in [5, 5.41) is 0. The number of para-hydroxylation sites is 4. The van der Waals surface area contributed by atoms with Crippen molar-refractivity contribution in [3.05, 3.63) is 222 Å². The molecule has 0 spiro atoms. The van der Waals surface area contributed by atoms with Crippen molar-refractivity contribution < 1.29 is 4.65 Å². The molecule has 8 aromatic rings. The van der Waals surface area contributed by atoms with Gasteiger partial charge in [0, 0.05) is 39.5 Å². The molecule has 0 unspecified atom stereocenters. The van der Waals surface area contributed by atoms with Gasteiger partial charge < -0.3 is 14.5 Å². The molecule has 4 heteroatoms. The van der Waals surface area contributed by atoms with Crippen LogP contribution in [0.1, 0.15) is 22.3 Å². The molecule has 0 fully saturated rings. The van der Waals surface area contributed by atoms with Crippen molar-refractivity contribution in [2.24, 2.45) is 0 Å². The fraction of sp³-hybridized carbons (Fsp3) is 0.0204. The number of benzene rings is 8. The standard InChI is InChI=1S/C49H33BN2O/c1-5-18-34(19-6-1)49(35-20-7-2-8-21-35)41-28-14-15-29-44(41)52-45-30-17-27-40-39-26-13-16-31-46(39)53-50(47(40)45)43-33-38(32-42(49)48(43)52)51(36-22-9-3-10-23-36)37-24-11-4-12-25-37/h1-33H. The van der Waals surface area contributed by atoms with Crippen molar-refractivity contribution in [2.75, 3.05) is 9.80 Å². The van der Waals surface area contributed by atoms with Crippen LogP contribution in [0.4, 0.5) is 34.1 Å². The predicted molar refractivity (Wildman–Crippen MR) is 219 cm³/mol. The molecule has 0 bridgehead atoms. The van der Waals surface area contributed by atoms with Gasteiger partial charge >= 0.3 is 6.92 Å². The van der Waals surface area contributed by atoms with Gasteiger partial charge in [-0.2, -0.15) is 0 Å². The monoisotopic (exact) mass is 676 g/mol. The van der Waals surface area contributed by atoms with Crippen LogP contribution in [0.25, 0.3) is 11.1 Å². The van der Waals surface area contributed by atoms with E-state index in [1.54, 1.807) is 0 Å². The third-order valence-electron chi connectivity index (χ3n) is 11.3. The molecule has 0 radical (unpaired) electrons. The van der Waals surface area contributed by atoms with Crippen LogP contribution < -0.4 is 25.4 Å². The second-order valence-corrected chi connectivity index (χ2v) is 14.0. The average Bonchev–Trinajstić information content (AvgIpc) is 3.23. The Morgan fingerprint density at radius 1 is 0.453 bits per heavy atom. The molecule has 0 aromatic heterocycles. The molecule has 0 saturated carbocycles. The van der Waals surface area contributed by atoms with Gasteiger partial charge in [0.2, 0.25) is 0 Å². The highest BCUT2D eigenvalue weighted by Gasteiger charge is 2.52. The van der Waals surface area contributed by atoms with Gasteiger partial charge in [-0.15, -0.1) is 0 Å². The van der Waals surface area contributed by atoms with E-state index in [2.05, 4.69) is 210 Å². The van der Waals surface area contributed by atoms with Crippen molar-refractivity contribution in [3.63, 3.8) is 0 Å². The summed E-state index contributed by atoms with van der Waals surface area (Å²) in [7, 11) is 0. The minimum Gasteiger partial charge on any atom is -0.551 e. The number of rotatable bonds is 5. The van der Waals surface area contributed by atoms with Crippen molar-refractivity contribution in [1.82, 2.24) is 0 Å². The van der Waals surface area contributed by atoms with Crippen LogP contribution in [0.2, 0.25) is 0 Å². The molecule has 248 valence electrons. The lowest BCUT2D eigenvalue weighted by molar-refractivity contribution is 0.589. The maximum Gasteiger partial charge on any atom is 0.431 e. The average molecular weight is 677 g/mol. The van der Waals surface area contributed by atoms with Gasteiger partial charge in [0.1, 0.15) is 5.75 Å². The summed E-state index contributed by atoms with van der Waals surface area (Å²) < 4.78 is 7.21. The maximum absolute atomic E-state index is 7.21. The van der Waals surface area contributed by atoms with Gasteiger partial charge in [0.15, 0.2) is 0 Å². The van der Waals surface area contributed by atoms with E-state index >= 15 is 0 Å². The van der Waals surface area contributed by atoms with Crippen molar-refractivity contribution in [1.29, 1.82) is 0 Å². The lowest BCUT2D eigenvalue weighted by atomic mass is 9.47. The first-order valence-corrected chi connectivity index (χ1v) is 18.3. The third-order valence-corrected chi connectivity index (χ3v) is 11.3. The van der Waals surface area contributed by atoms with E-state index in [0.29, 0.717) is 0 Å². The van der Waals surface area contributed by atoms with Crippen LogP contribution in [0, 0.1) is 0 Å². The van der Waals surface area contributed by atoms with Gasteiger partial charge in [0.25, 0.3) is 0 Å². The van der Waals surface area contributed by atoms with Crippen molar-refractivity contribution in [3.8, 4) is 16.9 Å². The molecular weight excluding hydrogens is 643 g/mol. The summed E-state index contributed by atoms with van der Waals surface area (Å²) >= 11 is 0. The molecule has 3 nitrogen and oxygen atoms in total. The van der Waals surface area contributed by atoms with Crippen LogP contribution in [-0.2, 0) is 5.41 Å². The Hall–Kier alpha value is -6.78. The van der Waals surface area contributed by atoms with Gasteiger partial charge in [-0.3, -0.25) is 0 Å². The topological polar surface area (TPSA) is 15.7 Å². The smallest absolute Gasteiger partial charge is 0.431 e. The summed E-state index contributed by atoms with van der Waals surface area (Å²) in [5.74, 6) is 0.909. The lowest BCUT2D eigenvalue weighted by Crippen LogP contribution is -2.58. The third kappa shape index (κ3) is 4.24. The Balaban J connectivity index is 1.32. The van der Waals surface area contributed by atoms with E-state index in [1.165, 1.54) is 44.7 Å². The Bertz CT molecular complexity index is 2580. The zero-order valence-corrected chi connectivity index (χ0v) is 28.9. The summed E-state index contributed by atoms with van der Waals surface area (Å²) in [6.07, 6.45) is 0. The first kappa shape index (κ1) is 29.9. The first-order valence-electron chi connectivity index (χ1n) is 18.3.